The number of imide groups is 1. The molecule has 0 bridgehead atoms. The Hall–Kier alpha value is -2.02. The summed E-state index contributed by atoms with van der Waals surface area (Å²) >= 11 is 3.34. The maximum atomic E-state index is 12.5. The molecule has 1 heterocycles. The number of amides is 2. The van der Waals surface area contributed by atoms with E-state index in [2.05, 4.69) is 15.9 Å². The molecule has 0 spiro atoms. The fourth-order valence-electron chi connectivity index (χ4n) is 2.81. The predicted octanol–water partition coefficient (Wildman–Crippen LogP) is 1.38. The van der Waals surface area contributed by atoms with Crippen molar-refractivity contribution in [2.75, 3.05) is 11.4 Å². The van der Waals surface area contributed by atoms with Crippen molar-refractivity contribution in [1.82, 2.24) is 0 Å². The van der Waals surface area contributed by atoms with Gasteiger partial charge in [0.15, 0.2) is 6.04 Å². The van der Waals surface area contributed by atoms with Gasteiger partial charge in [-0.3, -0.25) is 9.59 Å². The second kappa shape index (κ2) is 7.25. The van der Waals surface area contributed by atoms with E-state index < -0.39 is 12.1 Å². The molecule has 124 valence electrons. The molecule has 3 rings (SSSR count). The number of aliphatic hydroxyl groups excluding tert-OH is 1. The zero-order valence-electron chi connectivity index (χ0n) is 12.9. The number of quaternary nitrogens is 1. The molecule has 2 unspecified atom stereocenters. The van der Waals surface area contributed by atoms with Gasteiger partial charge in [-0.1, -0.05) is 46.3 Å². The maximum Gasteiger partial charge on any atom is 0.292 e. The third-order valence-corrected chi connectivity index (χ3v) is 4.62. The summed E-state index contributed by atoms with van der Waals surface area (Å²) in [5, 5.41) is 11.9. The van der Waals surface area contributed by atoms with E-state index in [4.69, 9.17) is 0 Å². The van der Waals surface area contributed by atoms with Gasteiger partial charge in [0.1, 0.15) is 12.6 Å². The minimum Gasteiger partial charge on any atom is -0.382 e. The SMILES string of the molecule is O=C1CC([NH2+]CC(O)c2ccccc2)C(=O)N1c1ccc(Br)cc1. The van der Waals surface area contributed by atoms with Gasteiger partial charge in [-0.25, -0.2) is 4.90 Å². The first-order chi connectivity index (χ1) is 11.6. The average Bonchev–Trinajstić information content (AvgIpc) is 2.88. The topological polar surface area (TPSA) is 74.2 Å². The normalized spacial score (nSPS) is 18.9. The van der Waals surface area contributed by atoms with Crippen LogP contribution in [0.25, 0.3) is 0 Å². The molecule has 1 fully saturated rings. The zero-order chi connectivity index (χ0) is 17.1. The van der Waals surface area contributed by atoms with E-state index in [1.54, 1.807) is 29.6 Å². The molecule has 24 heavy (non-hydrogen) atoms. The van der Waals surface area contributed by atoms with E-state index in [0.29, 0.717) is 12.2 Å². The second-order valence-electron chi connectivity index (χ2n) is 5.75. The molecule has 1 saturated heterocycles. The number of aliphatic hydroxyl groups is 1. The van der Waals surface area contributed by atoms with Crippen molar-refractivity contribution in [1.29, 1.82) is 0 Å². The number of anilines is 1. The van der Waals surface area contributed by atoms with E-state index in [1.807, 2.05) is 30.3 Å². The molecule has 0 saturated carbocycles. The Balaban J connectivity index is 1.65. The maximum absolute atomic E-state index is 12.5. The van der Waals surface area contributed by atoms with Gasteiger partial charge in [0.05, 0.1) is 12.1 Å². The van der Waals surface area contributed by atoms with Crippen molar-refractivity contribution in [3.05, 3.63) is 64.6 Å². The van der Waals surface area contributed by atoms with E-state index in [9.17, 15) is 14.7 Å². The van der Waals surface area contributed by atoms with Gasteiger partial charge in [-0.15, -0.1) is 0 Å². The number of hydrogen-bond donors (Lipinski definition) is 2. The Morgan fingerprint density at radius 1 is 1.12 bits per heavy atom. The Kier molecular flexibility index (Phi) is 5.08. The Bertz CT molecular complexity index is 734. The van der Waals surface area contributed by atoms with Crippen molar-refractivity contribution in [2.45, 2.75) is 18.6 Å². The van der Waals surface area contributed by atoms with Crippen molar-refractivity contribution < 1.29 is 20.0 Å². The molecule has 6 heteroatoms. The van der Waals surface area contributed by atoms with Gasteiger partial charge in [-0.05, 0) is 29.8 Å². The third kappa shape index (κ3) is 3.56. The first-order valence-corrected chi connectivity index (χ1v) is 8.54. The third-order valence-electron chi connectivity index (χ3n) is 4.09. The van der Waals surface area contributed by atoms with Crippen LogP contribution in [0.15, 0.2) is 59.1 Å². The van der Waals surface area contributed by atoms with Gasteiger partial charge in [0.2, 0.25) is 5.91 Å². The Morgan fingerprint density at radius 2 is 1.79 bits per heavy atom. The molecule has 3 N–H and O–H groups in total. The summed E-state index contributed by atoms with van der Waals surface area (Å²) in [6.45, 7) is 0.335. The number of hydrogen-bond acceptors (Lipinski definition) is 3. The minimum atomic E-state index is -0.671. The molecule has 0 aromatic heterocycles. The van der Waals surface area contributed by atoms with E-state index in [-0.39, 0.29) is 18.2 Å². The summed E-state index contributed by atoms with van der Waals surface area (Å²) in [6.07, 6.45) is -0.521. The number of halogens is 1. The van der Waals surface area contributed by atoms with Crippen molar-refractivity contribution >= 4 is 33.4 Å². The number of benzene rings is 2. The summed E-state index contributed by atoms with van der Waals surface area (Å²) in [4.78, 5) is 26.0. The van der Waals surface area contributed by atoms with Gasteiger partial charge < -0.3 is 10.4 Å². The zero-order valence-corrected chi connectivity index (χ0v) is 14.5. The molecule has 2 aromatic rings. The van der Waals surface area contributed by atoms with Crippen molar-refractivity contribution in [3.8, 4) is 0 Å². The van der Waals surface area contributed by atoms with E-state index >= 15 is 0 Å². The largest absolute Gasteiger partial charge is 0.382 e. The summed E-state index contributed by atoms with van der Waals surface area (Å²) in [7, 11) is 0. The number of carbonyl (C=O) groups excluding carboxylic acids is 2. The quantitative estimate of drug-likeness (QED) is 0.758. The second-order valence-corrected chi connectivity index (χ2v) is 6.67. The highest BCUT2D eigenvalue weighted by Crippen LogP contribution is 2.23. The monoisotopic (exact) mass is 389 g/mol. The predicted molar refractivity (Wildman–Crippen MR) is 93.2 cm³/mol. The molecule has 0 radical (unpaired) electrons. The van der Waals surface area contributed by atoms with Gasteiger partial charge >= 0.3 is 0 Å². The highest BCUT2D eigenvalue weighted by atomic mass is 79.9. The first-order valence-electron chi connectivity index (χ1n) is 7.75. The standard InChI is InChI=1S/C18H17BrN2O3/c19-13-6-8-14(9-7-13)21-17(23)10-15(18(21)24)20-11-16(22)12-4-2-1-3-5-12/h1-9,15-16,20,22H,10-11H2/p+1. The van der Waals surface area contributed by atoms with Gasteiger partial charge in [-0.2, -0.15) is 0 Å². The highest BCUT2D eigenvalue weighted by molar-refractivity contribution is 9.10. The van der Waals surface area contributed by atoms with Crippen LogP contribution in [-0.4, -0.2) is 29.5 Å². The van der Waals surface area contributed by atoms with Crippen molar-refractivity contribution in [3.63, 3.8) is 0 Å². The molecular formula is C18H18BrN2O3+. The lowest BCUT2D eigenvalue weighted by Gasteiger charge is -2.15. The van der Waals surface area contributed by atoms with Crippen LogP contribution >= 0.6 is 15.9 Å². The number of rotatable bonds is 5. The lowest BCUT2D eigenvalue weighted by Crippen LogP contribution is -2.92. The fraction of sp³-hybridized carbons (Fsp3) is 0.222. The van der Waals surface area contributed by atoms with Crippen LogP contribution in [0.1, 0.15) is 18.1 Å². The minimum absolute atomic E-state index is 0.149. The fourth-order valence-corrected chi connectivity index (χ4v) is 3.07. The molecular weight excluding hydrogens is 372 g/mol. The molecule has 2 aromatic carbocycles. The molecule has 1 aliphatic heterocycles. The molecule has 1 aliphatic rings. The highest BCUT2D eigenvalue weighted by Gasteiger charge is 2.42. The van der Waals surface area contributed by atoms with Crippen LogP contribution in [0.3, 0.4) is 0 Å². The van der Waals surface area contributed by atoms with Crippen LogP contribution in [0.2, 0.25) is 0 Å². The smallest absolute Gasteiger partial charge is 0.292 e. The lowest BCUT2D eigenvalue weighted by atomic mass is 10.1. The first kappa shape index (κ1) is 16.8. The molecule has 2 amide bonds. The van der Waals surface area contributed by atoms with Crippen LogP contribution in [0.5, 0.6) is 0 Å². The van der Waals surface area contributed by atoms with Crippen LogP contribution in [0.4, 0.5) is 5.69 Å². The van der Waals surface area contributed by atoms with Crippen molar-refractivity contribution in [2.24, 2.45) is 0 Å². The molecule has 5 nitrogen and oxygen atoms in total. The number of carbonyl (C=O) groups is 2. The summed E-state index contributed by atoms with van der Waals surface area (Å²) in [5.74, 6) is -0.444. The summed E-state index contributed by atoms with van der Waals surface area (Å²) in [6, 6.07) is 15.9. The number of nitrogens with zero attached hydrogens (tertiary/aromatic N) is 1. The van der Waals surface area contributed by atoms with Gasteiger partial charge in [0, 0.05) is 4.47 Å². The number of nitrogens with two attached hydrogens (primary N) is 1. The van der Waals surface area contributed by atoms with Gasteiger partial charge in [0.25, 0.3) is 5.91 Å². The lowest BCUT2D eigenvalue weighted by molar-refractivity contribution is -0.681. The van der Waals surface area contributed by atoms with E-state index in [0.717, 1.165) is 10.0 Å². The summed E-state index contributed by atoms with van der Waals surface area (Å²) < 4.78 is 0.888. The average molecular weight is 390 g/mol. The van der Waals surface area contributed by atoms with Crippen LogP contribution < -0.4 is 10.2 Å². The Morgan fingerprint density at radius 3 is 2.46 bits per heavy atom. The van der Waals surface area contributed by atoms with E-state index in [1.165, 1.54) is 4.90 Å². The summed E-state index contributed by atoms with van der Waals surface area (Å²) in [5.41, 5.74) is 1.38. The van der Waals surface area contributed by atoms with Crippen LogP contribution in [0, 0.1) is 0 Å². The van der Waals surface area contributed by atoms with Crippen LogP contribution in [-0.2, 0) is 9.59 Å². The Labute approximate surface area is 148 Å². The molecule has 0 aliphatic carbocycles. The molecule has 2 atom stereocenters.